The van der Waals surface area contributed by atoms with Crippen molar-refractivity contribution < 1.29 is 9.00 Å². The molecule has 0 aliphatic heterocycles. The number of urea groups is 1. The van der Waals surface area contributed by atoms with Gasteiger partial charge in [-0.15, -0.1) is 11.3 Å². The molecule has 0 saturated carbocycles. The van der Waals surface area contributed by atoms with E-state index in [2.05, 4.69) is 21.6 Å². The van der Waals surface area contributed by atoms with Crippen molar-refractivity contribution >= 4 is 28.2 Å². The standard InChI is InChI=1S/C15H27N3O2S2/c1-15(2,3)22(20)10-8-16-14(19)17-11-12(18(4)5)13-7-6-9-21-13/h6-7,9,12H,8,10-11H2,1-5H3,(H2,16,17,19)/t12-,22-/m1/s1. The zero-order valence-corrected chi connectivity index (χ0v) is 15.6. The minimum atomic E-state index is -0.947. The molecule has 0 spiro atoms. The minimum absolute atomic E-state index is 0.162. The zero-order valence-electron chi connectivity index (χ0n) is 14.0. The second-order valence-corrected chi connectivity index (χ2v) is 9.60. The Morgan fingerprint density at radius 2 is 2.05 bits per heavy atom. The Morgan fingerprint density at radius 3 is 2.55 bits per heavy atom. The van der Waals surface area contributed by atoms with E-state index < -0.39 is 10.8 Å². The van der Waals surface area contributed by atoms with Crippen LogP contribution in [-0.4, -0.2) is 52.8 Å². The number of nitrogens with zero attached hydrogens (tertiary/aromatic N) is 1. The predicted octanol–water partition coefficient (Wildman–Crippen LogP) is 2.20. The van der Waals surface area contributed by atoms with Crippen LogP contribution in [0.2, 0.25) is 0 Å². The summed E-state index contributed by atoms with van der Waals surface area (Å²) in [6, 6.07) is 4.03. The largest absolute Gasteiger partial charge is 0.337 e. The maximum atomic E-state index is 11.9. The van der Waals surface area contributed by atoms with Gasteiger partial charge in [-0.1, -0.05) is 6.07 Å². The highest BCUT2D eigenvalue weighted by atomic mass is 32.2. The van der Waals surface area contributed by atoms with Crippen molar-refractivity contribution in [2.24, 2.45) is 0 Å². The summed E-state index contributed by atoms with van der Waals surface area (Å²) >= 11 is 1.68. The summed E-state index contributed by atoms with van der Waals surface area (Å²) in [4.78, 5) is 15.1. The minimum Gasteiger partial charge on any atom is -0.337 e. The smallest absolute Gasteiger partial charge is 0.314 e. The Labute approximate surface area is 139 Å². The van der Waals surface area contributed by atoms with Crippen LogP contribution < -0.4 is 10.6 Å². The van der Waals surface area contributed by atoms with E-state index in [0.29, 0.717) is 18.8 Å². The van der Waals surface area contributed by atoms with Crippen LogP contribution >= 0.6 is 11.3 Å². The topological polar surface area (TPSA) is 61.4 Å². The van der Waals surface area contributed by atoms with E-state index in [-0.39, 0.29) is 16.8 Å². The van der Waals surface area contributed by atoms with Gasteiger partial charge in [0, 0.05) is 39.3 Å². The van der Waals surface area contributed by atoms with Gasteiger partial charge in [0.1, 0.15) is 0 Å². The van der Waals surface area contributed by atoms with E-state index in [9.17, 15) is 9.00 Å². The number of thiophene rings is 1. The summed E-state index contributed by atoms with van der Waals surface area (Å²) < 4.78 is 11.6. The first-order valence-corrected chi connectivity index (χ1v) is 9.51. The number of carbonyl (C=O) groups excluding carboxylic acids is 1. The first-order valence-electron chi connectivity index (χ1n) is 7.32. The van der Waals surface area contributed by atoms with Crippen molar-refractivity contribution in [1.82, 2.24) is 15.5 Å². The van der Waals surface area contributed by atoms with Gasteiger partial charge in [0.25, 0.3) is 0 Å². The molecule has 1 rings (SSSR count). The molecule has 0 aliphatic rings. The third-order valence-electron chi connectivity index (χ3n) is 3.21. The van der Waals surface area contributed by atoms with Crippen LogP contribution in [-0.2, 0) is 10.8 Å². The molecule has 0 aliphatic carbocycles. The summed E-state index contributed by atoms with van der Waals surface area (Å²) in [7, 11) is 3.05. The highest BCUT2D eigenvalue weighted by Gasteiger charge is 2.19. The fraction of sp³-hybridized carbons (Fsp3) is 0.667. The number of hydrogen-bond donors (Lipinski definition) is 2. The zero-order chi connectivity index (χ0) is 16.8. The number of carbonyl (C=O) groups is 1. The third kappa shape index (κ3) is 6.46. The van der Waals surface area contributed by atoms with E-state index in [4.69, 9.17) is 0 Å². The predicted molar refractivity (Wildman–Crippen MR) is 94.9 cm³/mol. The van der Waals surface area contributed by atoms with Crippen molar-refractivity contribution in [2.45, 2.75) is 31.6 Å². The molecule has 2 atom stereocenters. The lowest BCUT2D eigenvalue weighted by atomic mass is 10.2. The molecule has 0 fully saturated rings. The maximum absolute atomic E-state index is 11.9. The summed E-state index contributed by atoms with van der Waals surface area (Å²) in [5, 5.41) is 7.68. The Balaban J connectivity index is 2.34. The van der Waals surface area contributed by atoms with Gasteiger partial charge < -0.3 is 15.5 Å². The Kier molecular flexibility index (Phi) is 7.52. The highest BCUT2D eigenvalue weighted by Crippen LogP contribution is 2.22. The van der Waals surface area contributed by atoms with Crippen LogP contribution in [0.4, 0.5) is 4.79 Å². The number of amides is 2. The van der Waals surface area contributed by atoms with Gasteiger partial charge in [-0.3, -0.25) is 4.21 Å². The van der Waals surface area contributed by atoms with E-state index >= 15 is 0 Å². The Morgan fingerprint density at radius 1 is 1.36 bits per heavy atom. The number of rotatable bonds is 7. The quantitative estimate of drug-likeness (QED) is 0.796. The first kappa shape index (κ1) is 19.1. The summed E-state index contributed by atoms with van der Waals surface area (Å²) in [5.41, 5.74) is 0. The second-order valence-electron chi connectivity index (χ2n) is 6.29. The number of nitrogens with one attached hydrogen (secondary N) is 2. The molecule has 1 aromatic heterocycles. The fourth-order valence-electron chi connectivity index (χ4n) is 1.83. The van der Waals surface area contributed by atoms with Gasteiger partial charge in [0.05, 0.1) is 6.04 Å². The van der Waals surface area contributed by atoms with Crippen LogP contribution in [0.3, 0.4) is 0 Å². The first-order chi connectivity index (χ1) is 10.2. The van der Waals surface area contributed by atoms with Crippen molar-refractivity contribution in [3.05, 3.63) is 22.4 Å². The van der Waals surface area contributed by atoms with Gasteiger partial charge in [-0.2, -0.15) is 0 Å². The van der Waals surface area contributed by atoms with Crippen LogP contribution in [0.1, 0.15) is 31.7 Å². The van der Waals surface area contributed by atoms with Gasteiger partial charge in [0.15, 0.2) is 0 Å². The molecule has 2 amide bonds. The Hall–Kier alpha value is -0.920. The summed E-state index contributed by atoms with van der Waals surface area (Å²) in [6.07, 6.45) is 0. The van der Waals surface area contributed by atoms with Gasteiger partial charge in [-0.05, 0) is 46.3 Å². The molecule has 126 valence electrons. The molecule has 22 heavy (non-hydrogen) atoms. The summed E-state index contributed by atoms with van der Waals surface area (Å²) in [6.45, 7) is 6.77. The van der Waals surface area contributed by atoms with Gasteiger partial charge >= 0.3 is 6.03 Å². The lowest BCUT2D eigenvalue weighted by Gasteiger charge is -2.23. The SMILES string of the molecule is CN(C)[C@H](CNC(=O)NCC[S@@](=O)C(C)(C)C)c1cccs1. The molecule has 0 radical (unpaired) electrons. The van der Waals surface area contributed by atoms with Crippen LogP contribution in [0.25, 0.3) is 0 Å². The van der Waals surface area contributed by atoms with E-state index in [1.807, 2.05) is 46.3 Å². The van der Waals surface area contributed by atoms with Crippen molar-refractivity contribution in [3.8, 4) is 0 Å². The molecule has 1 aromatic rings. The van der Waals surface area contributed by atoms with Crippen molar-refractivity contribution in [2.75, 3.05) is 32.9 Å². The molecular formula is C15H27N3O2S2. The van der Waals surface area contributed by atoms with Crippen molar-refractivity contribution in [1.29, 1.82) is 0 Å². The Bertz CT molecular complexity index is 481. The molecule has 0 unspecified atom stereocenters. The van der Waals surface area contributed by atoms with E-state index in [1.54, 1.807) is 11.3 Å². The van der Waals surface area contributed by atoms with Crippen LogP contribution in [0.5, 0.6) is 0 Å². The molecule has 7 heteroatoms. The highest BCUT2D eigenvalue weighted by molar-refractivity contribution is 7.86. The monoisotopic (exact) mass is 345 g/mol. The van der Waals surface area contributed by atoms with E-state index in [0.717, 1.165) is 0 Å². The number of hydrogen-bond acceptors (Lipinski definition) is 4. The molecule has 0 saturated heterocycles. The average Bonchev–Trinajstić information content (AvgIpc) is 2.91. The number of likely N-dealkylation sites (N-methyl/N-ethyl adjacent to an activating group) is 1. The lowest BCUT2D eigenvalue weighted by molar-refractivity contribution is 0.234. The molecule has 1 heterocycles. The maximum Gasteiger partial charge on any atom is 0.314 e. The molecule has 0 aromatic carbocycles. The lowest BCUT2D eigenvalue weighted by Crippen LogP contribution is -2.42. The van der Waals surface area contributed by atoms with Gasteiger partial charge in [-0.25, -0.2) is 4.79 Å². The van der Waals surface area contributed by atoms with Crippen molar-refractivity contribution in [3.63, 3.8) is 0 Å². The second kappa shape index (κ2) is 8.64. The normalized spacial score (nSPS) is 14.6. The van der Waals surface area contributed by atoms with E-state index in [1.165, 1.54) is 4.88 Å². The molecule has 5 nitrogen and oxygen atoms in total. The third-order valence-corrected chi connectivity index (χ3v) is 6.12. The molecular weight excluding hydrogens is 318 g/mol. The summed E-state index contributed by atoms with van der Waals surface area (Å²) in [5.74, 6) is 0.471. The molecule has 2 N–H and O–H groups in total. The molecule has 0 bridgehead atoms. The van der Waals surface area contributed by atoms with Crippen LogP contribution in [0, 0.1) is 0 Å². The average molecular weight is 346 g/mol. The van der Waals surface area contributed by atoms with Crippen LogP contribution in [0.15, 0.2) is 17.5 Å². The fourth-order valence-corrected chi connectivity index (χ4v) is 3.66. The van der Waals surface area contributed by atoms with Gasteiger partial charge in [0.2, 0.25) is 0 Å².